The number of nitrogens with one attached hydrogen (secondary N) is 2. The second kappa shape index (κ2) is 9.35. The minimum Gasteiger partial charge on any atom is -0.435 e. The molecule has 2 N–H and O–H groups in total. The zero-order valence-electron chi connectivity index (χ0n) is 13.9. The molecule has 0 atom stereocenters. The Morgan fingerprint density at radius 1 is 1.18 bits per heavy atom. The zero-order valence-corrected chi connectivity index (χ0v) is 16.3. The largest absolute Gasteiger partial charge is 0.435 e. The fraction of sp³-hybridized carbons (Fsp3) is 0.118. The molecule has 0 saturated carbocycles. The topological polar surface area (TPSA) is 46.2 Å². The number of benzene rings is 2. The van der Waals surface area contributed by atoms with Gasteiger partial charge < -0.3 is 14.8 Å². The van der Waals surface area contributed by atoms with E-state index in [0.717, 1.165) is 30.1 Å². The van der Waals surface area contributed by atoms with E-state index < -0.39 is 18.2 Å². The van der Waals surface area contributed by atoms with Crippen molar-refractivity contribution >= 4 is 46.4 Å². The third-order valence-corrected chi connectivity index (χ3v) is 5.17. The Bertz CT molecular complexity index is 944. The summed E-state index contributed by atoms with van der Waals surface area (Å²) in [6.45, 7) is -3.12. The first-order valence-electron chi connectivity index (χ1n) is 7.69. The van der Waals surface area contributed by atoms with E-state index in [-0.39, 0.29) is 33.5 Å². The molecular weight excluding hydrogens is 438 g/mol. The maximum absolute atomic E-state index is 14.3. The van der Waals surface area contributed by atoms with E-state index in [1.54, 1.807) is 10.9 Å². The van der Waals surface area contributed by atoms with Crippen molar-refractivity contribution in [1.29, 1.82) is 0 Å². The molecule has 148 valence electrons. The molecule has 0 aliphatic rings. The van der Waals surface area contributed by atoms with Crippen molar-refractivity contribution in [3.05, 3.63) is 63.4 Å². The van der Waals surface area contributed by atoms with Crippen molar-refractivity contribution < 1.29 is 22.3 Å². The zero-order chi connectivity index (χ0) is 20.1. The summed E-state index contributed by atoms with van der Waals surface area (Å²) in [5.74, 6) is -0.750. The molecule has 0 saturated heterocycles. The average molecular weight is 450 g/mol. The fourth-order valence-electron chi connectivity index (χ4n) is 2.17. The lowest BCUT2D eigenvalue weighted by Gasteiger charge is -2.13. The van der Waals surface area contributed by atoms with Crippen LogP contribution in [0.1, 0.15) is 5.56 Å². The number of rotatable bonds is 8. The lowest BCUT2D eigenvalue weighted by molar-refractivity contribution is -0.0499. The van der Waals surface area contributed by atoms with Crippen LogP contribution in [-0.2, 0) is 6.54 Å². The van der Waals surface area contributed by atoms with Gasteiger partial charge in [-0.15, -0.1) is 11.3 Å². The SMILES string of the molecule is Fc1ccc(OC(F)F)cc1CNc1cc(F)c(SNc2cscn2)cc1Cl. The van der Waals surface area contributed by atoms with Crippen LogP contribution in [0.2, 0.25) is 5.02 Å². The Labute approximate surface area is 171 Å². The monoisotopic (exact) mass is 449 g/mol. The van der Waals surface area contributed by atoms with Gasteiger partial charge in [-0.2, -0.15) is 8.78 Å². The normalized spacial score (nSPS) is 10.9. The third-order valence-electron chi connectivity index (χ3n) is 3.43. The van der Waals surface area contributed by atoms with E-state index in [0.29, 0.717) is 5.82 Å². The third kappa shape index (κ3) is 5.43. The molecule has 11 heteroatoms. The molecule has 0 fully saturated rings. The number of thiazole rings is 1. The van der Waals surface area contributed by atoms with Crippen LogP contribution in [0.5, 0.6) is 5.75 Å². The van der Waals surface area contributed by atoms with Crippen LogP contribution in [0.3, 0.4) is 0 Å². The smallest absolute Gasteiger partial charge is 0.387 e. The first kappa shape index (κ1) is 20.6. The number of anilines is 2. The summed E-state index contributed by atoms with van der Waals surface area (Å²) < 4.78 is 59.9. The molecule has 3 aromatic rings. The Morgan fingerprint density at radius 3 is 2.71 bits per heavy atom. The van der Waals surface area contributed by atoms with Crippen molar-refractivity contribution in [2.45, 2.75) is 18.1 Å². The van der Waals surface area contributed by atoms with Gasteiger partial charge in [0.2, 0.25) is 0 Å². The van der Waals surface area contributed by atoms with Gasteiger partial charge in [-0.3, -0.25) is 0 Å². The molecule has 0 aliphatic carbocycles. The van der Waals surface area contributed by atoms with Crippen molar-refractivity contribution in [3.63, 3.8) is 0 Å². The van der Waals surface area contributed by atoms with Crippen LogP contribution in [0.15, 0.2) is 46.1 Å². The molecule has 0 spiro atoms. The van der Waals surface area contributed by atoms with Gasteiger partial charge in [-0.25, -0.2) is 13.8 Å². The molecule has 28 heavy (non-hydrogen) atoms. The molecule has 0 aliphatic heterocycles. The lowest BCUT2D eigenvalue weighted by atomic mass is 10.2. The van der Waals surface area contributed by atoms with Gasteiger partial charge in [0.25, 0.3) is 0 Å². The average Bonchev–Trinajstić information content (AvgIpc) is 3.16. The highest BCUT2D eigenvalue weighted by Crippen LogP contribution is 2.32. The van der Waals surface area contributed by atoms with E-state index >= 15 is 0 Å². The van der Waals surface area contributed by atoms with Gasteiger partial charge in [0.15, 0.2) is 0 Å². The van der Waals surface area contributed by atoms with Crippen LogP contribution in [0, 0.1) is 11.6 Å². The predicted octanol–water partition coefficient (Wildman–Crippen LogP) is 6.41. The predicted molar refractivity (Wildman–Crippen MR) is 103 cm³/mol. The van der Waals surface area contributed by atoms with E-state index in [1.807, 2.05) is 0 Å². The number of hydrogen-bond donors (Lipinski definition) is 2. The van der Waals surface area contributed by atoms with E-state index in [1.165, 1.54) is 23.5 Å². The molecule has 4 nitrogen and oxygen atoms in total. The van der Waals surface area contributed by atoms with E-state index in [4.69, 9.17) is 11.6 Å². The van der Waals surface area contributed by atoms with Crippen molar-refractivity contribution in [3.8, 4) is 5.75 Å². The summed E-state index contributed by atoms with van der Waals surface area (Å²) in [5, 5.41) is 4.77. The van der Waals surface area contributed by atoms with Gasteiger partial charge in [-0.05, 0) is 42.3 Å². The fourth-order valence-corrected chi connectivity index (χ4v) is 3.68. The molecule has 0 bridgehead atoms. The molecule has 1 aromatic heterocycles. The van der Waals surface area contributed by atoms with Gasteiger partial charge in [0.05, 0.1) is 21.1 Å². The van der Waals surface area contributed by atoms with E-state index in [9.17, 15) is 17.6 Å². The highest BCUT2D eigenvalue weighted by atomic mass is 35.5. The molecule has 0 unspecified atom stereocenters. The standard InChI is InChI=1S/C17H12ClF4N3OS2/c18-11-4-15(28-25-16-7-27-8-24-16)13(20)5-14(11)23-6-9-3-10(26-17(21)22)1-2-12(9)19/h1-5,7-8,17,23,25H,6H2. The van der Waals surface area contributed by atoms with Crippen LogP contribution in [-0.4, -0.2) is 11.6 Å². The quantitative estimate of drug-likeness (QED) is 0.307. The second-order valence-corrected chi connectivity index (χ2v) is 7.30. The van der Waals surface area contributed by atoms with Crippen LogP contribution in [0.4, 0.5) is 29.1 Å². The Balaban J connectivity index is 1.68. The minimum absolute atomic E-state index is 0.0678. The Morgan fingerprint density at radius 2 is 2.00 bits per heavy atom. The summed E-state index contributed by atoms with van der Waals surface area (Å²) in [5.41, 5.74) is 1.94. The summed E-state index contributed by atoms with van der Waals surface area (Å²) in [6.07, 6.45) is 0. The van der Waals surface area contributed by atoms with Crippen molar-refractivity contribution in [1.82, 2.24) is 4.98 Å². The number of halogens is 5. The maximum Gasteiger partial charge on any atom is 0.387 e. The van der Waals surface area contributed by atoms with Crippen LogP contribution < -0.4 is 14.8 Å². The summed E-state index contributed by atoms with van der Waals surface area (Å²) >= 11 is 8.57. The van der Waals surface area contributed by atoms with Gasteiger partial charge in [0, 0.05) is 17.5 Å². The van der Waals surface area contributed by atoms with Crippen LogP contribution >= 0.6 is 34.9 Å². The van der Waals surface area contributed by atoms with Crippen molar-refractivity contribution in [2.75, 3.05) is 10.0 Å². The number of aromatic nitrogens is 1. The molecule has 2 aromatic carbocycles. The summed E-state index contributed by atoms with van der Waals surface area (Å²) in [7, 11) is 0. The van der Waals surface area contributed by atoms with Gasteiger partial charge in [0.1, 0.15) is 23.2 Å². The maximum atomic E-state index is 14.3. The van der Waals surface area contributed by atoms with Gasteiger partial charge >= 0.3 is 6.61 Å². The highest BCUT2D eigenvalue weighted by molar-refractivity contribution is 8.00. The first-order valence-corrected chi connectivity index (χ1v) is 9.83. The van der Waals surface area contributed by atoms with Crippen molar-refractivity contribution in [2.24, 2.45) is 0 Å². The Kier molecular flexibility index (Phi) is 6.87. The molecule has 0 radical (unpaired) electrons. The number of hydrogen-bond acceptors (Lipinski definition) is 6. The second-order valence-electron chi connectivity index (χ2n) is 5.33. The highest BCUT2D eigenvalue weighted by Gasteiger charge is 2.12. The van der Waals surface area contributed by atoms with Crippen LogP contribution in [0.25, 0.3) is 0 Å². The Hall–Kier alpha value is -2.17. The lowest BCUT2D eigenvalue weighted by Crippen LogP contribution is -2.06. The number of nitrogens with zero attached hydrogens (tertiary/aromatic N) is 1. The van der Waals surface area contributed by atoms with Gasteiger partial charge in [-0.1, -0.05) is 11.6 Å². The number of ether oxygens (including phenoxy) is 1. The minimum atomic E-state index is -3.02. The summed E-state index contributed by atoms with van der Waals surface area (Å²) in [6, 6.07) is 5.83. The molecular formula is C17H12ClF4N3OS2. The summed E-state index contributed by atoms with van der Waals surface area (Å²) in [4.78, 5) is 4.28. The first-order chi connectivity index (χ1) is 13.4. The van der Waals surface area contributed by atoms with E-state index in [2.05, 4.69) is 19.8 Å². The number of alkyl halides is 2. The molecule has 3 rings (SSSR count). The molecule has 0 amide bonds. The molecule has 1 heterocycles.